The van der Waals surface area contributed by atoms with Crippen molar-refractivity contribution in [3.63, 3.8) is 0 Å². The van der Waals surface area contributed by atoms with Crippen LogP contribution in [0.25, 0.3) is 0 Å². The van der Waals surface area contributed by atoms with E-state index in [4.69, 9.17) is 11.6 Å². The summed E-state index contributed by atoms with van der Waals surface area (Å²) in [6.07, 6.45) is 0. The number of benzene rings is 2. The summed E-state index contributed by atoms with van der Waals surface area (Å²) in [5, 5.41) is 4.11. The van der Waals surface area contributed by atoms with Crippen molar-refractivity contribution < 1.29 is 0 Å². The van der Waals surface area contributed by atoms with E-state index in [0.717, 1.165) is 27.3 Å². The lowest BCUT2D eigenvalue weighted by molar-refractivity contribution is 1.15. The van der Waals surface area contributed by atoms with Crippen molar-refractivity contribution in [1.29, 1.82) is 0 Å². The smallest absolute Gasteiger partial charge is 0.0551 e. The van der Waals surface area contributed by atoms with E-state index >= 15 is 0 Å². The van der Waals surface area contributed by atoms with Crippen LogP contribution in [0.15, 0.2) is 46.9 Å². The van der Waals surface area contributed by atoms with Crippen LogP contribution in [0.2, 0.25) is 5.02 Å². The number of anilines is 1. The first-order chi connectivity index (χ1) is 8.15. The van der Waals surface area contributed by atoms with Gasteiger partial charge in [-0.3, -0.25) is 0 Å². The number of nitrogens with one attached hydrogen (secondary N) is 1. The fraction of sp³-hybridized carbons (Fsp3) is 0.0769. The molecule has 0 aliphatic heterocycles. The zero-order valence-corrected chi connectivity index (χ0v) is 13.4. The second-order valence-electron chi connectivity index (χ2n) is 3.61. The molecule has 0 spiro atoms. The van der Waals surface area contributed by atoms with Crippen LogP contribution in [0.4, 0.5) is 5.69 Å². The molecule has 0 amide bonds. The minimum Gasteiger partial charge on any atom is -0.381 e. The fourth-order valence-corrected chi connectivity index (χ4v) is 2.45. The molecular formula is C13H10BrClIN. The van der Waals surface area contributed by atoms with Gasteiger partial charge in [-0.05, 0) is 74.4 Å². The van der Waals surface area contributed by atoms with Crippen molar-refractivity contribution in [1.82, 2.24) is 0 Å². The van der Waals surface area contributed by atoms with Gasteiger partial charge in [0.2, 0.25) is 0 Å². The van der Waals surface area contributed by atoms with E-state index in [1.807, 2.05) is 18.2 Å². The monoisotopic (exact) mass is 421 g/mol. The second-order valence-corrected chi connectivity index (χ2v) is 6.12. The van der Waals surface area contributed by atoms with E-state index in [0.29, 0.717) is 0 Å². The molecule has 4 heteroatoms. The molecule has 2 rings (SSSR count). The first-order valence-corrected chi connectivity index (χ1v) is 7.33. The van der Waals surface area contributed by atoms with Crippen molar-refractivity contribution in [3.8, 4) is 0 Å². The van der Waals surface area contributed by atoms with Gasteiger partial charge in [0.15, 0.2) is 0 Å². The largest absolute Gasteiger partial charge is 0.381 e. The van der Waals surface area contributed by atoms with Gasteiger partial charge in [0.25, 0.3) is 0 Å². The van der Waals surface area contributed by atoms with Gasteiger partial charge in [-0.2, -0.15) is 0 Å². The van der Waals surface area contributed by atoms with Gasteiger partial charge in [0, 0.05) is 20.3 Å². The SMILES string of the molecule is Clc1cc(CNc2cccc(I)c2)ccc1Br. The van der Waals surface area contributed by atoms with Crippen LogP contribution in [0, 0.1) is 3.57 Å². The highest BCUT2D eigenvalue weighted by Gasteiger charge is 1.99. The lowest BCUT2D eigenvalue weighted by Crippen LogP contribution is -1.99. The first-order valence-electron chi connectivity index (χ1n) is 5.08. The molecule has 2 aromatic rings. The van der Waals surface area contributed by atoms with Crippen molar-refractivity contribution in [2.45, 2.75) is 6.54 Å². The van der Waals surface area contributed by atoms with Gasteiger partial charge in [0.1, 0.15) is 0 Å². The maximum atomic E-state index is 6.04. The van der Waals surface area contributed by atoms with Crippen LogP contribution in [0.3, 0.4) is 0 Å². The number of halogens is 3. The molecule has 2 aromatic carbocycles. The van der Waals surface area contributed by atoms with E-state index in [1.54, 1.807) is 0 Å². The zero-order valence-electron chi connectivity index (χ0n) is 8.88. The zero-order chi connectivity index (χ0) is 12.3. The van der Waals surface area contributed by atoms with Crippen LogP contribution in [0.1, 0.15) is 5.56 Å². The molecule has 0 unspecified atom stereocenters. The lowest BCUT2D eigenvalue weighted by atomic mass is 10.2. The summed E-state index contributed by atoms with van der Waals surface area (Å²) in [6.45, 7) is 0.771. The molecule has 0 aliphatic carbocycles. The third-order valence-electron chi connectivity index (χ3n) is 2.31. The summed E-state index contributed by atoms with van der Waals surface area (Å²) in [4.78, 5) is 0. The summed E-state index contributed by atoms with van der Waals surface area (Å²) in [5.41, 5.74) is 2.29. The number of hydrogen-bond acceptors (Lipinski definition) is 1. The Hall–Kier alpha value is -0.260. The van der Waals surface area contributed by atoms with E-state index < -0.39 is 0 Å². The minimum absolute atomic E-state index is 0.743. The Morgan fingerprint density at radius 2 is 2.00 bits per heavy atom. The molecule has 0 bridgehead atoms. The fourth-order valence-electron chi connectivity index (χ4n) is 1.45. The summed E-state index contributed by atoms with van der Waals surface area (Å²) in [5.74, 6) is 0. The molecule has 1 N–H and O–H groups in total. The summed E-state index contributed by atoms with van der Waals surface area (Å²) >= 11 is 11.7. The van der Waals surface area contributed by atoms with Gasteiger partial charge in [-0.15, -0.1) is 0 Å². The molecule has 0 aromatic heterocycles. The maximum absolute atomic E-state index is 6.04. The first kappa shape index (κ1) is 13.2. The Morgan fingerprint density at radius 3 is 2.71 bits per heavy atom. The van der Waals surface area contributed by atoms with Crippen LogP contribution >= 0.6 is 50.1 Å². The standard InChI is InChI=1S/C13H10BrClIN/c14-12-5-4-9(6-13(12)15)8-17-11-3-1-2-10(16)7-11/h1-7,17H,8H2. The van der Waals surface area contributed by atoms with Gasteiger partial charge >= 0.3 is 0 Å². The lowest BCUT2D eigenvalue weighted by Gasteiger charge is -2.07. The Balaban J connectivity index is 2.05. The number of rotatable bonds is 3. The Kier molecular flexibility index (Phi) is 4.70. The molecule has 0 aliphatic rings. The average Bonchev–Trinajstić information content (AvgIpc) is 2.31. The summed E-state index contributed by atoms with van der Waals surface area (Å²) in [7, 11) is 0. The quantitative estimate of drug-likeness (QED) is 0.661. The van der Waals surface area contributed by atoms with Crippen LogP contribution in [-0.2, 0) is 6.54 Å². The van der Waals surface area contributed by atoms with E-state index in [9.17, 15) is 0 Å². The van der Waals surface area contributed by atoms with Gasteiger partial charge in [0.05, 0.1) is 5.02 Å². The molecule has 0 fully saturated rings. The third kappa shape index (κ3) is 3.86. The predicted molar refractivity (Wildman–Crippen MR) is 85.6 cm³/mol. The molecule has 0 heterocycles. The Bertz CT molecular complexity index is 531. The molecule has 1 nitrogen and oxygen atoms in total. The Labute approximate surface area is 128 Å². The second kappa shape index (κ2) is 6.07. The van der Waals surface area contributed by atoms with Crippen molar-refractivity contribution in [3.05, 3.63) is 61.1 Å². The van der Waals surface area contributed by atoms with E-state index in [1.165, 1.54) is 3.57 Å². The van der Waals surface area contributed by atoms with Crippen LogP contribution in [-0.4, -0.2) is 0 Å². The number of hydrogen-bond donors (Lipinski definition) is 1. The summed E-state index contributed by atoms with van der Waals surface area (Å²) in [6, 6.07) is 14.3. The van der Waals surface area contributed by atoms with Gasteiger partial charge < -0.3 is 5.32 Å². The molecular weight excluding hydrogens is 412 g/mol. The normalized spacial score (nSPS) is 10.3. The van der Waals surface area contributed by atoms with Crippen LogP contribution < -0.4 is 5.32 Å². The predicted octanol–water partition coefficient (Wildman–Crippen LogP) is 5.32. The molecule has 0 atom stereocenters. The van der Waals surface area contributed by atoms with Crippen LogP contribution in [0.5, 0.6) is 0 Å². The third-order valence-corrected chi connectivity index (χ3v) is 4.21. The van der Waals surface area contributed by atoms with Gasteiger partial charge in [-0.25, -0.2) is 0 Å². The highest BCUT2D eigenvalue weighted by Crippen LogP contribution is 2.23. The maximum Gasteiger partial charge on any atom is 0.0551 e. The van der Waals surface area contributed by atoms with Crippen molar-refractivity contribution >= 4 is 55.8 Å². The molecule has 0 saturated heterocycles. The summed E-state index contributed by atoms with van der Waals surface area (Å²) < 4.78 is 2.15. The minimum atomic E-state index is 0.743. The average molecular weight is 422 g/mol. The molecule has 0 radical (unpaired) electrons. The highest BCUT2D eigenvalue weighted by molar-refractivity contribution is 14.1. The topological polar surface area (TPSA) is 12.0 Å². The molecule has 17 heavy (non-hydrogen) atoms. The molecule has 0 saturated carbocycles. The highest BCUT2D eigenvalue weighted by atomic mass is 127. The van der Waals surface area contributed by atoms with Crippen molar-refractivity contribution in [2.24, 2.45) is 0 Å². The Morgan fingerprint density at radius 1 is 1.18 bits per heavy atom. The molecule has 88 valence electrons. The van der Waals surface area contributed by atoms with E-state index in [-0.39, 0.29) is 0 Å². The van der Waals surface area contributed by atoms with Crippen molar-refractivity contribution in [2.75, 3.05) is 5.32 Å². The van der Waals surface area contributed by atoms with E-state index in [2.05, 4.69) is 68.1 Å². The van der Waals surface area contributed by atoms with Gasteiger partial charge in [-0.1, -0.05) is 23.7 Å².